The van der Waals surface area contributed by atoms with Crippen molar-refractivity contribution in [2.45, 2.75) is 25.9 Å². The van der Waals surface area contributed by atoms with Gasteiger partial charge in [-0.15, -0.1) is 0 Å². The summed E-state index contributed by atoms with van der Waals surface area (Å²) >= 11 is 0. The molecule has 2 fully saturated rings. The normalized spacial score (nSPS) is 22.5. The van der Waals surface area contributed by atoms with Gasteiger partial charge >= 0.3 is 6.55 Å². The van der Waals surface area contributed by atoms with E-state index in [1.165, 1.54) is 31.8 Å². The van der Waals surface area contributed by atoms with Crippen LogP contribution in [0.4, 0.5) is 8.78 Å². The predicted molar refractivity (Wildman–Crippen MR) is 80.8 cm³/mol. The summed E-state index contributed by atoms with van der Waals surface area (Å²) in [6, 6.07) is 0. The van der Waals surface area contributed by atoms with Crippen molar-refractivity contribution >= 4 is 0 Å². The predicted octanol–water partition coefficient (Wildman–Crippen LogP) is 1.40. The minimum atomic E-state index is -2.50. The molecule has 2 aliphatic heterocycles. The Morgan fingerprint density at radius 3 is 2.50 bits per heavy atom. The Hall–Kier alpha value is -1.05. The summed E-state index contributed by atoms with van der Waals surface area (Å²) in [6.07, 6.45) is 5.35. The van der Waals surface area contributed by atoms with E-state index < -0.39 is 6.55 Å². The molecule has 0 aromatic carbocycles. The van der Waals surface area contributed by atoms with Crippen molar-refractivity contribution in [2.75, 3.05) is 45.8 Å². The van der Waals surface area contributed by atoms with Crippen molar-refractivity contribution in [3.8, 4) is 0 Å². The van der Waals surface area contributed by atoms with E-state index in [-0.39, 0.29) is 0 Å². The standard InChI is InChI=1S/C15H25F2N5/c16-15(17)22-6-5-19-14(22)12-21-9-7-20(8-10-21)11-13-1-3-18-4-2-13/h5-6,13,15,18H,1-4,7-12H2. The van der Waals surface area contributed by atoms with E-state index >= 15 is 0 Å². The van der Waals surface area contributed by atoms with Crippen molar-refractivity contribution in [2.24, 2.45) is 5.92 Å². The van der Waals surface area contributed by atoms with E-state index in [9.17, 15) is 8.78 Å². The van der Waals surface area contributed by atoms with Crippen LogP contribution in [-0.4, -0.2) is 65.2 Å². The highest BCUT2D eigenvalue weighted by atomic mass is 19.3. The highest BCUT2D eigenvalue weighted by Gasteiger charge is 2.22. The molecule has 0 aliphatic carbocycles. The fourth-order valence-electron chi connectivity index (χ4n) is 3.40. The van der Waals surface area contributed by atoms with Gasteiger partial charge in [0.25, 0.3) is 0 Å². The number of hydrogen-bond donors (Lipinski definition) is 1. The first-order valence-corrected chi connectivity index (χ1v) is 8.17. The topological polar surface area (TPSA) is 36.3 Å². The highest BCUT2D eigenvalue weighted by Crippen LogP contribution is 2.17. The van der Waals surface area contributed by atoms with Crippen LogP contribution in [0.5, 0.6) is 0 Å². The number of alkyl halides is 2. The first-order valence-electron chi connectivity index (χ1n) is 8.17. The minimum Gasteiger partial charge on any atom is -0.317 e. The minimum absolute atomic E-state index is 0.460. The van der Waals surface area contributed by atoms with Gasteiger partial charge in [0.2, 0.25) is 0 Å². The molecule has 0 atom stereocenters. The molecule has 0 radical (unpaired) electrons. The van der Waals surface area contributed by atoms with Crippen LogP contribution in [0.15, 0.2) is 12.4 Å². The van der Waals surface area contributed by atoms with Gasteiger partial charge in [0.1, 0.15) is 5.82 Å². The largest absolute Gasteiger partial charge is 0.319 e. The summed E-state index contributed by atoms with van der Waals surface area (Å²) in [7, 11) is 0. The second-order valence-corrected chi connectivity index (χ2v) is 6.30. The van der Waals surface area contributed by atoms with Crippen molar-refractivity contribution in [3.05, 3.63) is 18.2 Å². The lowest BCUT2D eigenvalue weighted by molar-refractivity contribution is 0.0594. The molecule has 1 aromatic heterocycles. The molecule has 22 heavy (non-hydrogen) atoms. The number of nitrogens with zero attached hydrogens (tertiary/aromatic N) is 4. The van der Waals surface area contributed by atoms with Gasteiger partial charge in [0.15, 0.2) is 0 Å². The first-order chi connectivity index (χ1) is 10.7. The summed E-state index contributed by atoms with van der Waals surface area (Å²) in [5, 5.41) is 3.40. The average molecular weight is 313 g/mol. The number of halogens is 2. The molecule has 0 amide bonds. The van der Waals surface area contributed by atoms with Gasteiger partial charge in [0, 0.05) is 45.1 Å². The summed E-state index contributed by atoms with van der Waals surface area (Å²) < 4.78 is 26.6. The summed E-state index contributed by atoms with van der Waals surface area (Å²) in [5.41, 5.74) is 0. The summed E-state index contributed by atoms with van der Waals surface area (Å²) in [4.78, 5) is 8.81. The third kappa shape index (κ3) is 4.02. The lowest BCUT2D eigenvalue weighted by Gasteiger charge is -2.37. The van der Waals surface area contributed by atoms with E-state index in [4.69, 9.17) is 0 Å². The lowest BCUT2D eigenvalue weighted by Crippen LogP contribution is -2.48. The van der Waals surface area contributed by atoms with E-state index in [1.54, 1.807) is 0 Å². The van der Waals surface area contributed by atoms with Gasteiger partial charge in [-0.2, -0.15) is 8.78 Å². The van der Waals surface area contributed by atoms with Gasteiger partial charge in [-0.3, -0.25) is 9.47 Å². The molecule has 2 saturated heterocycles. The average Bonchev–Trinajstić information content (AvgIpc) is 2.99. The lowest BCUT2D eigenvalue weighted by atomic mass is 9.97. The molecule has 1 aromatic rings. The Morgan fingerprint density at radius 1 is 1.14 bits per heavy atom. The number of aromatic nitrogens is 2. The molecule has 124 valence electrons. The van der Waals surface area contributed by atoms with Crippen LogP contribution in [0.3, 0.4) is 0 Å². The molecular weight excluding hydrogens is 288 g/mol. The molecule has 0 spiro atoms. The Morgan fingerprint density at radius 2 is 1.82 bits per heavy atom. The molecule has 3 rings (SSSR count). The monoisotopic (exact) mass is 313 g/mol. The van der Waals surface area contributed by atoms with Crippen LogP contribution in [-0.2, 0) is 6.54 Å². The maximum Gasteiger partial charge on any atom is 0.319 e. The van der Waals surface area contributed by atoms with Gasteiger partial charge < -0.3 is 10.2 Å². The van der Waals surface area contributed by atoms with Crippen LogP contribution in [0.2, 0.25) is 0 Å². The third-order valence-electron chi connectivity index (χ3n) is 4.76. The van der Waals surface area contributed by atoms with Crippen LogP contribution in [0.1, 0.15) is 25.2 Å². The number of imidazole rings is 1. The molecule has 5 nitrogen and oxygen atoms in total. The fourth-order valence-corrected chi connectivity index (χ4v) is 3.40. The number of nitrogens with one attached hydrogen (secondary N) is 1. The smallest absolute Gasteiger partial charge is 0.317 e. The number of hydrogen-bond acceptors (Lipinski definition) is 4. The molecule has 1 N–H and O–H groups in total. The zero-order chi connectivity index (χ0) is 15.4. The van der Waals surface area contributed by atoms with Gasteiger partial charge in [-0.25, -0.2) is 4.98 Å². The molecule has 2 aliphatic rings. The van der Waals surface area contributed by atoms with Crippen molar-refractivity contribution < 1.29 is 8.78 Å². The Labute approximate surface area is 130 Å². The summed E-state index contributed by atoms with van der Waals surface area (Å²) in [5.74, 6) is 1.27. The second kappa shape index (κ2) is 7.48. The molecule has 0 unspecified atom stereocenters. The Balaban J connectivity index is 1.44. The maximum absolute atomic E-state index is 12.8. The van der Waals surface area contributed by atoms with Crippen LogP contribution in [0, 0.1) is 5.92 Å². The first kappa shape index (κ1) is 15.8. The van der Waals surface area contributed by atoms with Crippen LogP contribution < -0.4 is 5.32 Å². The quantitative estimate of drug-likeness (QED) is 0.891. The van der Waals surface area contributed by atoms with E-state index in [2.05, 4.69) is 20.1 Å². The van der Waals surface area contributed by atoms with Gasteiger partial charge in [-0.1, -0.05) is 0 Å². The molecule has 3 heterocycles. The number of rotatable bonds is 5. The van der Waals surface area contributed by atoms with E-state index in [1.807, 2.05) is 0 Å². The third-order valence-corrected chi connectivity index (χ3v) is 4.76. The van der Waals surface area contributed by atoms with Crippen molar-refractivity contribution in [3.63, 3.8) is 0 Å². The Kier molecular flexibility index (Phi) is 5.38. The number of piperidine rings is 1. The second-order valence-electron chi connectivity index (χ2n) is 6.30. The van der Waals surface area contributed by atoms with Crippen LogP contribution >= 0.6 is 0 Å². The maximum atomic E-state index is 12.8. The van der Waals surface area contributed by atoms with E-state index in [0.717, 1.165) is 49.8 Å². The van der Waals surface area contributed by atoms with Gasteiger partial charge in [0.05, 0.1) is 6.54 Å². The molecule has 0 bridgehead atoms. The SMILES string of the molecule is FC(F)n1ccnc1CN1CCN(CC2CCNCC2)CC1. The van der Waals surface area contributed by atoms with Crippen molar-refractivity contribution in [1.82, 2.24) is 24.7 Å². The zero-order valence-corrected chi connectivity index (χ0v) is 12.9. The van der Waals surface area contributed by atoms with Crippen molar-refractivity contribution in [1.29, 1.82) is 0 Å². The molecular formula is C15H25F2N5. The van der Waals surface area contributed by atoms with Gasteiger partial charge in [-0.05, 0) is 31.8 Å². The Bertz CT molecular complexity index is 451. The zero-order valence-electron chi connectivity index (χ0n) is 12.9. The highest BCUT2D eigenvalue weighted by molar-refractivity contribution is 4.93. The molecule has 0 saturated carbocycles. The number of piperazine rings is 1. The van der Waals surface area contributed by atoms with Crippen LogP contribution in [0.25, 0.3) is 0 Å². The summed E-state index contributed by atoms with van der Waals surface area (Å²) in [6.45, 7) is 5.39. The fraction of sp³-hybridized carbons (Fsp3) is 0.800. The van der Waals surface area contributed by atoms with E-state index in [0.29, 0.717) is 12.4 Å². The molecule has 7 heteroatoms.